The molecule has 1 aromatic carbocycles. The Bertz CT molecular complexity index is 1560. The molecule has 5 aliphatic rings. The van der Waals surface area contributed by atoms with Gasteiger partial charge in [0.25, 0.3) is 0 Å². The Labute approximate surface area is 241 Å². The van der Waals surface area contributed by atoms with E-state index >= 15 is 0 Å². The van der Waals surface area contributed by atoms with Gasteiger partial charge in [-0.1, -0.05) is 40.0 Å². The average molecular weight is 552 g/mol. The summed E-state index contributed by atoms with van der Waals surface area (Å²) in [4.78, 5) is 7.80. The molecule has 2 aromatic rings. The minimum atomic E-state index is 0.196. The van der Waals surface area contributed by atoms with E-state index in [0.29, 0.717) is 12.5 Å². The molecule has 0 amide bonds. The number of nitrogens with one attached hydrogen (secondary N) is 1. The molecule has 3 aliphatic heterocycles. The van der Waals surface area contributed by atoms with E-state index in [0.717, 1.165) is 54.4 Å². The number of rotatable bonds is 7. The molecule has 4 nitrogen and oxygen atoms in total. The fourth-order valence-electron chi connectivity index (χ4n) is 7.87. The Kier molecular flexibility index (Phi) is 6.27. The smallest absolute Gasteiger partial charge is 0.115 e. The largest absolute Gasteiger partial charge is 0.493 e. The summed E-state index contributed by atoms with van der Waals surface area (Å²) >= 11 is 0. The Morgan fingerprint density at radius 1 is 1.23 bits per heavy atom. The van der Waals surface area contributed by atoms with Crippen molar-refractivity contribution in [2.75, 3.05) is 6.61 Å². The molecule has 4 atom stereocenters. The summed E-state index contributed by atoms with van der Waals surface area (Å²) in [7, 11) is 2.96. The number of ether oxygens (including phenoxy) is 1. The van der Waals surface area contributed by atoms with E-state index in [-0.39, 0.29) is 12.0 Å². The van der Waals surface area contributed by atoms with Crippen LogP contribution in [0.25, 0.3) is 16.6 Å². The molecule has 208 valence electrons. The fraction of sp³-hybridized carbons (Fsp3) is 0.457. The van der Waals surface area contributed by atoms with Crippen molar-refractivity contribution in [2.45, 2.75) is 78.3 Å². The third-order valence-electron chi connectivity index (χ3n) is 10.2. The van der Waals surface area contributed by atoms with Crippen LogP contribution in [0.2, 0.25) is 0 Å². The van der Waals surface area contributed by atoms with Gasteiger partial charge >= 0.3 is 0 Å². The second-order valence-electron chi connectivity index (χ2n) is 12.5. The maximum absolute atomic E-state index is 6.03. The minimum absolute atomic E-state index is 0.196. The lowest BCUT2D eigenvalue weighted by Gasteiger charge is -2.37. The summed E-state index contributed by atoms with van der Waals surface area (Å²) in [6.45, 7) is 21.6. The number of allylic oxidation sites excluding steroid dienone is 3. The Morgan fingerprint density at radius 2 is 2.02 bits per heavy atom. The van der Waals surface area contributed by atoms with Crippen LogP contribution in [0, 0.1) is 24.7 Å². The van der Waals surface area contributed by atoms with Gasteiger partial charge in [-0.05, 0) is 91.1 Å². The number of fused-ring (bicyclic) bond motifs is 4. The van der Waals surface area contributed by atoms with Crippen molar-refractivity contribution in [1.82, 2.24) is 15.2 Å². The first-order valence-electron chi connectivity index (χ1n) is 15.3. The van der Waals surface area contributed by atoms with Crippen LogP contribution in [0.3, 0.4) is 0 Å². The van der Waals surface area contributed by atoms with Gasteiger partial charge in [-0.15, -0.1) is 9.24 Å². The first kappa shape index (κ1) is 26.1. The maximum atomic E-state index is 6.03. The molecule has 0 bridgehead atoms. The van der Waals surface area contributed by atoms with Gasteiger partial charge in [-0.25, -0.2) is 4.98 Å². The number of aryl methyl sites for hydroxylation is 1. The predicted octanol–water partition coefficient (Wildman–Crippen LogP) is 7.51. The second kappa shape index (κ2) is 9.62. The SMILES string of the molecule is C=C1OCC2=C(C=C3c4nc5cc(P)c(C)c6c5c(c4CN3C2=C)C(NC(=C)C(CCC)C2CC2)CC6)C1CC. The van der Waals surface area contributed by atoms with Crippen molar-refractivity contribution >= 4 is 31.1 Å². The van der Waals surface area contributed by atoms with Gasteiger partial charge in [0.05, 0.1) is 35.3 Å². The van der Waals surface area contributed by atoms with Crippen molar-refractivity contribution in [3.05, 3.63) is 88.1 Å². The van der Waals surface area contributed by atoms with Crippen LogP contribution < -0.4 is 10.6 Å². The van der Waals surface area contributed by atoms with Crippen LogP contribution >= 0.6 is 9.24 Å². The van der Waals surface area contributed by atoms with Crippen LogP contribution in [-0.4, -0.2) is 16.5 Å². The fourth-order valence-corrected chi connectivity index (χ4v) is 8.20. The molecule has 0 spiro atoms. The van der Waals surface area contributed by atoms with Crippen LogP contribution in [-0.2, 0) is 17.7 Å². The highest BCUT2D eigenvalue weighted by atomic mass is 31.0. The van der Waals surface area contributed by atoms with E-state index in [4.69, 9.17) is 9.72 Å². The van der Waals surface area contributed by atoms with Crippen molar-refractivity contribution in [1.29, 1.82) is 0 Å². The molecule has 4 heterocycles. The zero-order valence-corrected chi connectivity index (χ0v) is 25.5. The zero-order chi connectivity index (χ0) is 27.9. The van der Waals surface area contributed by atoms with E-state index in [1.165, 1.54) is 81.2 Å². The number of aromatic nitrogens is 1. The quantitative estimate of drug-likeness (QED) is 0.362. The Morgan fingerprint density at radius 3 is 2.75 bits per heavy atom. The van der Waals surface area contributed by atoms with Crippen LogP contribution in [0.15, 0.2) is 60.2 Å². The molecule has 1 N–H and O–H groups in total. The molecule has 40 heavy (non-hydrogen) atoms. The third-order valence-corrected chi connectivity index (χ3v) is 10.8. The molecule has 1 aromatic heterocycles. The number of hydrogen-bond donors (Lipinski definition) is 1. The summed E-state index contributed by atoms with van der Waals surface area (Å²) in [5.74, 6) is 2.45. The van der Waals surface area contributed by atoms with E-state index in [1.807, 2.05) is 0 Å². The second-order valence-corrected chi connectivity index (χ2v) is 13.1. The molecule has 1 saturated carbocycles. The van der Waals surface area contributed by atoms with E-state index in [2.05, 4.69) is 72.1 Å². The third kappa shape index (κ3) is 3.86. The summed E-state index contributed by atoms with van der Waals surface area (Å²) in [6, 6.07) is 2.53. The highest BCUT2D eigenvalue weighted by Gasteiger charge is 2.41. The van der Waals surface area contributed by atoms with Gasteiger partial charge in [-0.3, -0.25) is 0 Å². The molecule has 7 rings (SSSR count). The molecule has 2 aliphatic carbocycles. The van der Waals surface area contributed by atoms with E-state index in [9.17, 15) is 0 Å². The number of benzene rings is 1. The van der Waals surface area contributed by atoms with E-state index < -0.39 is 0 Å². The lowest BCUT2D eigenvalue weighted by Crippen LogP contribution is -2.30. The van der Waals surface area contributed by atoms with Crippen molar-refractivity contribution in [2.24, 2.45) is 17.8 Å². The van der Waals surface area contributed by atoms with Crippen molar-refractivity contribution < 1.29 is 4.74 Å². The molecule has 4 unspecified atom stereocenters. The highest BCUT2D eigenvalue weighted by molar-refractivity contribution is 7.27. The normalized spacial score (nSPS) is 23.9. The minimum Gasteiger partial charge on any atom is -0.493 e. The predicted molar refractivity (Wildman–Crippen MR) is 169 cm³/mol. The lowest BCUT2D eigenvalue weighted by atomic mass is 9.81. The van der Waals surface area contributed by atoms with Gasteiger partial charge in [0.2, 0.25) is 0 Å². The number of hydrogen-bond acceptors (Lipinski definition) is 4. The monoisotopic (exact) mass is 551 g/mol. The lowest BCUT2D eigenvalue weighted by molar-refractivity contribution is 0.190. The summed E-state index contributed by atoms with van der Waals surface area (Å²) in [6.07, 6.45) is 10.6. The van der Waals surface area contributed by atoms with Crippen LogP contribution in [0.1, 0.15) is 86.4 Å². The van der Waals surface area contributed by atoms with Gasteiger partial charge in [0, 0.05) is 39.8 Å². The van der Waals surface area contributed by atoms with Gasteiger partial charge in [0.1, 0.15) is 6.61 Å². The number of pyridine rings is 1. The van der Waals surface area contributed by atoms with Gasteiger partial charge < -0.3 is 15.0 Å². The first-order valence-corrected chi connectivity index (χ1v) is 15.8. The number of nitrogens with zero attached hydrogens (tertiary/aromatic N) is 2. The molecule has 1 fully saturated rings. The first-order chi connectivity index (χ1) is 19.3. The maximum Gasteiger partial charge on any atom is 0.115 e. The zero-order valence-electron chi connectivity index (χ0n) is 24.3. The summed E-state index contributed by atoms with van der Waals surface area (Å²) in [5.41, 5.74) is 13.9. The van der Waals surface area contributed by atoms with Crippen LogP contribution in [0.5, 0.6) is 0 Å². The van der Waals surface area contributed by atoms with Crippen LogP contribution in [0.4, 0.5) is 0 Å². The highest BCUT2D eigenvalue weighted by Crippen LogP contribution is 2.51. The Hall–Kier alpha value is -2.84. The Balaban J connectivity index is 1.38. The molecule has 0 saturated heterocycles. The van der Waals surface area contributed by atoms with Crippen molar-refractivity contribution in [3.8, 4) is 0 Å². The molecular weight excluding hydrogens is 509 g/mol. The molecule has 0 radical (unpaired) electrons. The van der Waals surface area contributed by atoms with E-state index in [1.54, 1.807) is 0 Å². The molecule has 5 heteroatoms. The standard InChI is InChI=1S/C35H42N3OP/c1-7-9-25(22-10-11-22)19(4)36-29-13-12-24-18(3)32(40)15-30-33(24)34(29)27-16-38-20(5)28-17-39-21(6)23(8-2)26(28)14-31(38)35(27)37-30/h14-15,22-23,25,29,36H,4-13,16-17,40H2,1-3H3. The summed E-state index contributed by atoms with van der Waals surface area (Å²) < 4.78 is 6.03. The molecular formula is C35H42N3OP. The summed E-state index contributed by atoms with van der Waals surface area (Å²) in [5, 5.41) is 6.64. The average Bonchev–Trinajstić information content (AvgIpc) is 3.71. The van der Waals surface area contributed by atoms with Gasteiger partial charge in [0.15, 0.2) is 0 Å². The van der Waals surface area contributed by atoms with Crippen molar-refractivity contribution in [3.63, 3.8) is 0 Å². The van der Waals surface area contributed by atoms with Gasteiger partial charge in [-0.2, -0.15) is 0 Å². The topological polar surface area (TPSA) is 37.4 Å².